The van der Waals surface area contributed by atoms with E-state index >= 15 is 0 Å². The second-order valence-corrected chi connectivity index (χ2v) is 9.62. The van der Waals surface area contributed by atoms with Crippen LogP contribution in [0.2, 0.25) is 0 Å². The molecular weight excluding hydrogens is 342 g/mol. The number of anilines is 1. The van der Waals surface area contributed by atoms with Gasteiger partial charge in [-0.2, -0.15) is 0 Å². The molecule has 1 atom stereocenters. The first-order valence-corrected chi connectivity index (χ1v) is 10.2. The van der Waals surface area contributed by atoms with Gasteiger partial charge in [0.25, 0.3) is 10.0 Å². The lowest BCUT2D eigenvalue weighted by molar-refractivity contribution is -0.114. The number of hydrogen-bond acceptors (Lipinski definition) is 6. The van der Waals surface area contributed by atoms with Crippen molar-refractivity contribution in [1.29, 1.82) is 0 Å². The summed E-state index contributed by atoms with van der Waals surface area (Å²) >= 11 is 0. The number of sulfone groups is 1. The largest absolute Gasteiger partial charge is 0.326 e. The fourth-order valence-electron chi connectivity index (χ4n) is 2.18. The van der Waals surface area contributed by atoms with Gasteiger partial charge in [0, 0.05) is 25.7 Å². The first kappa shape index (κ1) is 17.9. The monoisotopic (exact) mass is 361 g/mol. The number of nitrogens with zero attached hydrogens (tertiary/aromatic N) is 1. The molecule has 1 heterocycles. The van der Waals surface area contributed by atoms with Crippen molar-refractivity contribution in [3.8, 4) is 0 Å². The van der Waals surface area contributed by atoms with Gasteiger partial charge < -0.3 is 5.32 Å². The van der Waals surface area contributed by atoms with Gasteiger partial charge in [0.15, 0.2) is 9.84 Å². The minimum atomic E-state index is -3.80. The Morgan fingerprint density at radius 3 is 2.39 bits per heavy atom. The molecule has 1 amide bonds. The number of nitrogens with one attached hydrogen (secondary N) is 2. The molecule has 2 N–H and O–H groups in total. The second-order valence-electron chi connectivity index (χ2n) is 5.42. The predicted octanol–water partition coefficient (Wildman–Crippen LogP) is -0.0428. The molecule has 10 heteroatoms. The molecular formula is C13H19N3O5S2. The van der Waals surface area contributed by atoms with Crippen LogP contribution in [0.5, 0.6) is 0 Å². The van der Waals surface area contributed by atoms with E-state index in [2.05, 4.69) is 10.1 Å². The third-order valence-corrected chi connectivity index (χ3v) is 6.99. The lowest BCUT2D eigenvalue weighted by atomic mass is 10.3. The van der Waals surface area contributed by atoms with Gasteiger partial charge in [-0.1, -0.05) is 0 Å². The van der Waals surface area contributed by atoms with E-state index in [1.54, 1.807) is 6.92 Å². The summed E-state index contributed by atoms with van der Waals surface area (Å²) in [4.78, 5) is 13.4. The number of hydrogen-bond donors (Lipinski definition) is 2. The van der Waals surface area contributed by atoms with Gasteiger partial charge in [0.1, 0.15) is 0 Å². The standard InChI is InChI=1S/C13H19N3O5S2/c1-10-9-16(7-8-22(10,18)19)15-23(20,21)13-5-3-12(4-6-13)14-11(2)17/h3-6,10,15H,7-9H2,1-2H3,(H,14,17)/t10-/m0/s1. The van der Waals surface area contributed by atoms with Gasteiger partial charge in [-0.05, 0) is 31.2 Å². The molecule has 0 bridgehead atoms. The van der Waals surface area contributed by atoms with Crippen molar-refractivity contribution in [2.45, 2.75) is 24.0 Å². The van der Waals surface area contributed by atoms with E-state index in [4.69, 9.17) is 0 Å². The van der Waals surface area contributed by atoms with Gasteiger partial charge in [0.2, 0.25) is 5.91 Å². The highest BCUT2D eigenvalue weighted by Gasteiger charge is 2.31. The van der Waals surface area contributed by atoms with Crippen LogP contribution in [0.15, 0.2) is 29.2 Å². The fourth-order valence-corrected chi connectivity index (χ4v) is 4.57. The van der Waals surface area contributed by atoms with Crippen molar-refractivity contribution in [2.75, 3.05) is 24.2 Å². The fraction of sp³-hybridized carbons (Fsp3) is 0.462. The Labute approximate surface area is 135 Å². The van der Waals surface area contributed by atoms with E-state index in [0.717, 1.165) is 0 Å². The summed E-state index contributed by atoms with van der Waals surface area (Å²) in [5, 5.41) is 3.32. The van der Waals surface area contributed by atoms with Crippen molar-refractivity contribution < 1.29 is 21.6 Å². The van der Waals surface area contributed by atoms with E-state index in [1.807, 2.05) is 0 Å². The highest BCUT2D eigenvalue weighted by molar-refractivity contribution is 7.92. The zero-order valence-corrected chi connectivity index (χ0v) is 14.4. The number of carbonyl (C=O) groups excluding carboxylic acids is 1. The molecule has 0 unspecified atom stereocenters. The van der Waals surface area contributed by atoms with Gasteiger partial charge in [-0.3, -0.25) is 4.79 Å². The molecule has 23 heavy (non-hydrogen) atoms. The number of sulfonamides is 1. The second kappa shape index (κ2) is 6.56. The van der Waals surface area contributed by atoms with Gasteiger partial charge in [-0.15, -0.1) is 4.83 Å². The summed E-state index contributed by atoms with van der Waals surface area (Å²) < 4.78 is 47.9. The van der Waals surface area contributed by atoms with Crippen LogP contribution >= 0.6 is 0 Å². The number of benzene rings is 1. The first-order chi connectivity index (χ1) is 10.6. The molecule has 0 radical (unpaired) electrons. The van der Waals surface area contributed by atoms with Crippen LogP contribution in [0, 0.1) is 0 Å². The lowest BCUT2D eigenvalue weighted by Crippen LogP contribution is -2.53. The van der Waals surface area contributed by atoms with Gasteiger partial charge in [0.05, 0.1) is 15.9 Å². The van der Waals surface area contributed by atoms with E-state index < -0.39 is 25.1 Å². The number of hydrazine groups is 1. The molecule has 1 aliphatic rings. The normalized spacial score (nSPS) is 21.7. The van der Waals surface area contributed by atoms with Crippen LogP contribution in [0.1, 0.15) is 13.8 Å². The summed E-state index contributed by atoms with van der Waals surface area (Å²) in [6, 6.07) is 5.72. The van der Waals surface area contributed by atoms with Crippen LogP contribution in [-0.4, -0.2) is 51.8 Å². The van der Waals surface area contributed by atoms with Crippen LogP contribution < -0.4 is 10.1 Å². The highest BCUT2D eigenvalue weighted by Crippen LogP contribution is 2.16. The SMILES string of the molecule is CC(=O)Nc1ccc(S(=O)(=O)NN2CCS(=O)(=O)[C@@H](C)C2)cc1. The number of carbonyl (C=O) groups is 1. The summed E-state index contributed by atoms with van der Waals surface area (Å²) in [6.45, 7) is 3.12. The third kappa shape index (κ3) is 4.50. The van der Waals surface area contributed by atoms with E-state index in [0.29, 0.717) is 5.69 Å². The van der Waals surface area contributed by atoms with Crippen molar-refractivity contribution in [1.82, 2.24) is 9.84 Å². The van der Waals surface area contributed by atoms with Crippen LogP contribution in [-0.2, 0) is 24.7 Å². The van der Waals surface area contributed by atoms with Crippen molar-refractivity contribution >= 4 is 31.5 Å². The molecule has 0 saturated carbocycles. The maximum absolute atomic E-state index is 12.3. The molecule has 1 aromatic carbocycles. The molecule has 1 fully saturated rings. The predicted molar refractivity (Wildman–Crippen MR) is 85.9 cm³/mol. The molecule has 1 aliphatic heterocycles. The average molecular weight is 361 g/mol. The van der Waals surface area contributed by atoms with Crippen LogP contribution in [0.4, 0.5) is 5.69 Å². The topological polar surface area (TPSA) is 113 Å². The van der Waals surface area contributed by atoms with Crippen molar-refractivity contribution in [2.24, 2.45) is 0 Å². The maximum atomic E-state index is 12.3. The zero-order chi connectivity index (χ0) is 17.3. The minimum absolute atomic E-state index is 0.0349. The Hall–Kier alpha value is -1.49. The molecule has 1 aromatic rings. The Balaban J connectivity index is 2.09. The summed E-state index contributed by atoms with van der Waals surface area (Å²) in [7, 11) is -6.95. The molecule has 0 aromatic heterocycles. The number of rotatable bonds is 4. The Morgan fingerprint density at radius 2 is 1.87 bits per heavy atom. The van der Waals surface area contributed by atoms with Crippen molar-refractivity contribution in [3.05, 3.63) is 24.3 Å². The summed E-state index contributed by atoms with van der Waals surface area (Å²) in [5.74, 6) is -0.333. The van der Waals surface area contributed by atoms with E-state index in [1.165, 1.54) is 36.2 Å². The molecule has 1 saturated heterocycles. The Bertz CT molecular complexity index is 787. The molecule has 2 rings (SSSR count). The quantitative estimate of drug-likeness (QED) is 0.778. The molecule has 0 aliphatic carbocycles. The smallest absolute Gasteiger partial charge is 0.253 e. The van der Waals surface area contributed by atoms with Crippen LogP contribution in [0.25, 0.3) is 0 Å². The minimum Gasteiger partial charge on any atom is -0.326 e. The zero-order valence-electron chi connectivity index (χ0n) is 12.8. The molecule has 8 nitrogen and oxygen atoms in total. The van der Waals surface area contributed by atoms with E-state index in [9.17, 15) is 21.6 Å². The Kier molecular flexibility index (Phi) is 5.09. The number of amides is 1. The lowest BCUT2D eigenvalue weighted by Gasteiger charge is -2.30. The first-order valence-electron chi connectivity index (χ1n) is 6.97. The van der Waals surface area contributed by atoms with Crippen LogP contribution in [0.3, 0.4) is 0 Å². The van der Waals surface area contributed by atoms with Gasteiger partial charge >= 0.3 is 0 Å². The highest BCUT2D eigenvalue weighted by atomic mass is 32.2. The maximum Gasteiger partial charge on any atom is 0.253 e. The third-order valence-electron chi connectivity index (χ3n) is 3.47. The summed E-state index contributed by atoms with van der Waals surface area (Å²) in [6.07, 6.45) is 0. The average Bonchev–Trinajstić information content (AvgIpc) is 2.43. The van der Waals surface area contributed by atoms with E-state index in [-0.39, 0.29) is 29.6 Å². The Morgan fingerprint density at radius 1 is 1.26 bits per heavy atom. The molecule has 0 spiro atoms. The molecule has 128 valence electrons. The van der Waals surface area contributed by atoms with Crippen molar-refractivity contribution in [3.63, 3.8) is 0 Å². The summed E-state index contributed by atoms with van der Waals surface area (Å²) in [5.41, 5.74) is 0.495. The van der Waals surface area contributed by atoms with Gasteiger partial charge in [-0.25, -0.2) is 21.8 Å².